The van der Waals surface area contributed by atoms with E-state index in [4.69, 9.17) is 0 Å². The second kappa shape index (κ2) is 16.1. The summed E-state index contributed by atoms with van der Waals surface area (Å²) in [5, 5.41) is 0. The van der Waals surface area contributed by atoms with Crippen molar-refractivity contribution >= 4 is 17.1 Å². The smallest absolute Gasteiger partial charge is 0.0713 e. The first-order valence-corrected chi connectivity index (χ1v) is 25.3. The van der Waals surface area contributed by atoms with Gasteiger partial charge in [0.2, 0.25) is 0 Å². The van der Waals surface area contributed by atoms with Crippen LogP contribution in [0.1, 0.15) is 69.5 Å². The van der Waals surface area contributed by atoms with Crippen LogP contribution in [0.4, 0.5) is 17.1 Å². The van der Waals surface area contributed by atoms with Crippen molar-refractivity contribution < 1.29 is 0 Å². The number of rotatable bonds is 8. The Morgan fingerprint density at radius 3 is 1.15 bits per heavy atom. The third kappa shape index (κ3) is 5.95. The number of nitrogens with zero attached hydrogens (tertiary/aromatic N) is 1. The van der Waals surface area contributed by atoms with E-state index in [1.807, 2.05) is 0 Å². The molecule has 0 aliphatic heterocycles. The lowest BCUT2D eigenvalue weighted by molar-refractivity contribution is 0.660. The van der Waals surface area contributed by atoms with Gasteiger partial charge < -0.3 is 4.90 Å². The van der Waals surface area contributed by atoms with E-state index in [-0.39, 0.29) is 5.41 Å². The van der Waals surface area contributed by atoms with Crippen LogP contribution in [0.25, 0.3) is 44.5 Å². The monoisotopic (exact) mass is 917 g/mol. The summed E-state index contributed by atoms with van der Waals surface area (Å²) in [5.41, 5.74) is 25.4. The fraction of sp³-hybridized carbons (Fsp3) is 0.0704. The highest BCUT2D eigenvalue weighted by Crippen LogP contribution is 2.59. The third-order valence-corrected chi connectivity index (χ3v) is 16.4. The quantitative estimate of drug-likeness (QED) is 0.147. The molecule has 0 aromatic heterocycles. The van der Waals surface area contributed by atoms with Gasteiger partial charge in [-0.25, -0.2) is 0 Å². The molecule has 11 aromatic carbocycles. The molecular weight excluding hydrogens is 867 g/mol. The minimum atomic E-state index is -0.474. The van der Waals surface area contributed by atoms with Crippen LogP contribution in [-0.4, -0.2) is 0 Å². The van der Waals surface area contributed by atoms with Gasteiger partial charge in [0.15, 0.2) is 0 Å². The molecule has 0 saturated heterocycles. The highest BCUT2D eigenvalue weighted by atomic mass is 15.1. The Labute approximate surface area is 423 Å². The van der Waals surface area contributed by atoms with Gasteiger partial charge in [-0.05, 0) is 143 Å². The van der Waals surface area contributed by atoms with Crippen molar-refractivity contribution in [2.75, 3.05) is 4.90 Å². The summed E-state index contributed by atoms with van der Waals surface area (Å²) >= 11 is 0. The van der Waals surface area contributed by atoms with E-state index in [1.165, 1.54) is 100 Å². The second-order valence-electron chi connectivity index (χ2n) is 20.3. The first-order valence-electron chi connectivity index (χ1n) is 25.3. The second-order valence-corrected chi connectivity index (χ2v) is 20.3. The van der Waals surface area contributed by atoms with Gasteiger partial charge in [-0.2, -0.15) is 0 Å². The van der Waals surface area contributed by atoms with Crippen LogP contribution in [0.5, 0.6) is 0 Å². The number of benzene rings is 11. The molecule has 3 aliphatic rings. The highest BCUT2D eigenvalue weighted by Gasteiger charge is 2.48. The topological polar surface area (TPSA) is 3.24 Å². The lowest BCUT2D eigenvalue weighted by Crippen LogP contribution is -2.28. The van der Waals surface area contributed by atoms with Crippen molar-refractivity contribution in [3.8, 4) is 44.5 Å². The fourth-order valence-corrected chi connectivity index (χ4v) is 13.3. The van der Waals surface area contributed by atoms with Gasteiger partial charge in [0.05, 0.1) is 10.8 Å². The zero-order valence-corrected chi connectivity index (χ0v) is 40.4. The Balaban J connectivity index is 0.941. The van der Waals surface area contributed by atoms with E-state index in [9.17, 15) is 0 Å². The number of fused-ring (bicyclic) bond motifs is 9. The average molecular weight is 918 g/mol. The Kier molecular flexibility index (Phi) is 9.44. The molecule has 0 amide bonds. The summed E-state index contributed by atoms with van der Waals surface area (Å²) in [5.74, 6) is 0. The molecule has 11 aromatic rings. The molecule has 0 spiro atoms. The van der Waals surface area contributed by atoms with Gasteiger partial charge in [0.25, 0.3) is 0 Å². The molecule has 0 saturated carbocycles. The third-order valence-electron chi connectivity index (χ3n) is 16.4. The van der Waals surface area contributed by atoms with Crippen molar-refractivity contribution in [3.63, 3.8) is 0 Å². The molecule has 0 atom stereocenters. The standard InChI is InChI=1S/C71H51N/c1-69(2)63-32-18-15-29-57(63)60-43-40-56(47-67(60)69)72(55-41-44-66-62(46-55)59-31-17-20-34-65(59)70(66,50-21-7-3-8-22-50)51-23-9-4-10-24-51)54-38-35-48(36-39-54)49-37-42-61-58-30-16-19-33-64(58)71(68(61)45-49,52-25-11-5-12-26-52)53-27-13-6-14-28-53/h3-47H,1-2H3. The predicted molar refractivity (Wildman–Crippen MR) is 299 cm³/mol. The molecule has 0 unspecified atom stereocenters. The van der Waals surface area contributed by atoms with Gasteiger partial charge in [-0.15, -0.1) is 0 Å². The molecular formula is C71H51N. The van der Waals surface area contributed by atoms with E-state index in [2.05, 4.69) is 292 Å². The summed E-state index contributed by atoms with van der Waals surface area (Å²) in [4.78, 5) is 2.48. The largest absolute Gasteiger partial charge is 0.310 e. The molecule has 0 radical (unpaired) electrons. The molecule has 0 bridgehead atoms. The number of hydrogen-bond acceptors (Lipinski definition) is 1. The van der Waals surface area contributed by atoms with Crippen LogP contribution < -0.4 is 4.90 Å². The van der Waals surface area contributed by atoms with Crippen molar-refractivity contribution in [1.82, 2.24) is 0 Å². The average Bonchev–Trinajstić information content (AvgIpc) is 4.01. The van der Waals surface area contributed by atoms with E-state index in [0.717, 1.165) is 17.1 Å². The predicted octanol–water partition coefficient (Wildman–Crippen LogP) is 17.9. The Bertz CT molecular complexity index is 3790. The van der Waals surface area contributed by atoms with Gasteiger partial charge in [-0.1, -0.05) is 244 Å². The molecule has 0 heterocycles. The summed E-state index contributed by atoms with van der Waals surface area (Å²) < 4.78 is 0. The SMILES string of the molecule is CC1(C)c2ccccc2-c2ccc(N(c3ccc(-c4ccc5c(c4)C(c4ccccc4)(c4ccccc4)c4ccccc4-5)cc3)c3ccc4c(c3)-c3ccccc3C4(c3ccccc3)c3ccccc3)cc21. The summed E-state index contributed by atoms with van der Waals surface area (Å²) in [6.45, 7) is 4.75. The Morgan fingerprint density at radius 1 is 0.236 bits per heavy atom. The maximum atomic E-state index is 2.48. The van der Waals surface area contributed by atoms with Crippen molar-refractivity contribution in [2.45, 2.75) is 30.1 Å². The van der Waals surface area contributed by atoms with Crippen molar-refractivity contribution in [1.29, 1.82) is 0 Å². The Morgan fingerprint density at radius 2 is 0.597 bits per heavy atom. The zero-order valence-electron chi connectivity index (χ0n) is 40.4. The normalized spacial score (nSPS) is 14.6. The zero-order chi connectivity index (χ0) is 48.0. The molecule has 72 heavy (non-hydrogen) atoms. The van der Waals surface area contributed by atoms with E-state index < -0.39 is 10.8 Å². The van der Waals surface area contributed by atoms with Crippen molar-refractivity contribution in [2.24, 2.45) is 0 Å². The summed E-state index contributed by atoms with van der Waals surface area (Å²) in [7, 11) is 0. The van der Waals surface area contributed by atoms with Gasteiger partial charge in [0, 0.05) is 22.5 Å². The fourth-order valence-electron chi connectivity index (χ4n) is 13.3. The van der Waals surface area contributed by atoms with Crippen LogP contribution in [0.15, 0.2) is 273 Å². The first kappa shape index (κ1) is 42.1. The number of anilines is 3. The van der Waals surface area contributed by atoms with Gasteiger partial charge >= 0.3 is 0 Å². The van der Waals surface area contributed by atoms with Crippen LogP contribution >= 0.6 is 0 Å². The van der Waals surface area contributed by atoms with E-state index >= 15 is 0 Å². The van der Waals surface area contributed by atoms with E-state index in [0.29, 0.717) is 0 Å². The number of hydrogen-bond donors (Lipinski definition) is 0. The molecule has 1 heteroatoms. The molecule has 3 aliphatic carbocycles. The Hall–Kier alpha value is -8.78. The molecule has 1 nitrogen and oxygen atoms in total. The maximum Gasteiger partial charge on any atom is 0.0713 e. The molecule has 340 valence electrons. The van der Waals surface area contributed by atoms with Crippen molar-refractivity contribution in [3.05, 3.63) is 329 Å². The summed E-state index contributed by atoms with van der Waals surface area (Å²) in [6.07, 6.45) is 0. The molecule has 14 rings (SSSR count). The summed E-state index contributed by atoms with van der Waals surface area (Å²) in [6, 6.07) is 102. The minimum Gasteiger partial charge on any atom is -0.310 e. The first-order chi connectivity index (χ1) is 35.5. The lowest BCUT2D eigenvalue weighted by atomic mass is 9.67. The van der Waals surface area contributed by atoms with E-state index in [1.54, 1.807) is 0 Å². The van der Waals surface area contributed by atoms with Crippen LogP contribution in [0, 0.1) is 0 Å². The van der Waals surface area contributed by atoms with Crippen LogP contribution in [-0.2, 0) is 16.2 Å². The molecule has 0 N–H and O–H groups in total. The van der Waals surface area contributed by atoms with Crippen LogP contribution in [0.3, 0.4) is 0 Å². The maximum absolute atomic E-state index is 2.48. The van der Waals surface area contributed by atoms with Gasteiger partial charge in [0.1, 0.15) is 0 Å². The van der Waals surface area contributed by atoms with Crippen LogP contribution in [0.2, 0.25) is 0 Å². The highest BCUT2D eigenvalue weighted by molar-refractivity contribution is 5.93. The minimum absolute atomic E-state index is 0.152. The molecule has 0 fully saturated rings. The lowest BCUT2D eigenvalue weighted by Gasteiger charge is -2.34. The van der Waals surface area contributed by atoms with Gasteiger partial charge in [-0.3, -0.25) is 0 Å².